The summed E-state index contributed by atoms with van der Waals surface area (Å²) in [4.78, 5) is 0. The summed E-state index contributed by atoms with van der Waals surface area (Å²) in [6, 6.07) is 19.4. The van der Waals surface area contributed by atoms with E-state index in [0.29, 0.717) is 0 Å². The number of ether oxygens (including phenoxy) is 1. The van der Waals surface area contributed by atoms with Crippen LogP contribution >= 0.6 is 22.6 Å². The van der Waals surface area contributed by atoms with E-state index in [2.05, 4.69) is 82.5 Å². The second-order valence-electron chi connectivity index (χ2n) is 6.77. The van der Waals surface area contributed by atoms with Gasteiger partial charge in [-0.2, -0.15) is 0 Å². The predicted molar refractivity (Wildman–Crippen MR) is 120 cm³/mol. The highest BCUT2D eigenvalue weighted by molar-refractivity contribution is 14.1. The van der Waals surface area contributed by atoms with Crippen molar-refractivity contribution in [2.45, 2.75) is 51.5 Å². The highest BCUT2D eigenvalue weighted by atomic mass is 127. The van der Waals surface area contributed by atoms with Crippen LogP contribution in [0.15, 0.2) is 54.6 Å². The standard InChI is InChI=1S/C23H32INO/c24-23-15-13-21(14-16-23)10-6-9-19-26-18-8-2-1-7-17-25-20-22-11-4-3-5-12-22/h3-5,11-16,25H,1-2,6-10,17-20H2. The van der Waals surface area contributed by atoms with Crippen LogP contribution in [-0.4, -0.2) is 19.8 Å². The molecule has 0 unspecified atom stereocenters. The smallest absolute Gasteiger partial charge is 0.0466 e. The SMILES string of the molecule is Ic1ccc(CCCCOCCCCCCNCc2ccccc2)cc1. The minimum atomic E-state index is 0.906. The fourth-order valence-corrected chi connectivity index (χ4v) is 3.28. The molecular weight excluding hydrogens is 433 g/mol. The van der Waals surface area contributed by atoms with Crippen LogP contribution in [0.5, 0.6) is 0 Å². The van der Waals surface area contributed by atoms with Crippen molar-refractivity contribution < 1.29 is 4.74 Å². The van der Waals surface area contributed by atoms with E-state index in [9.17, 15) is 0 Å². The summed E-state index contributed by atoms with van der Waals surface area (Å²) in [6.07, 6.45) is 8.55. The summed E-state index contributed by atoms with van der Waals surface area (Å²) in [5, 5.41) is 3.51. The average molecular weight is 465 g/mol. The summed E-state index contributed by atoms with van der Waals surface area (Å²) in [5.41, 5.74) is 2.80. The van der Waals surface area contributed by atoms with Crippen molar-refractivity contribution >= 4 is 22.6 Å². The van der Waals surface area contributed by atoms with Gasteiger partial charge in [0.15, 0.2) is 0 Å². The lowest BCUT2D eigenvalue weighted by Crippen LogP contribution is -2.14. The minimum absolute atomic E-state index is 0.906. The van der Waals surface area contributed by atoms with Crippen molar-refractivity contribution in [1.29, 1.82) is 0 Å². The van der Waals surface area contributed by atoms with Crippen LogP contribution in [0.1, 0.15) is 49.7 Å². The molecule has 142 valence electrons. The first-order chi connectivity index (χ1) is 12.8. The van der Waals surface area contributed by atoms with E-state index in [4.69, 9.17) is 4.74 Å². The maximum absolute atomic E-state index is 5.76. The fraction of sp³-hybridized carbons (Fsp3) is 0.478. The first-order valence-corrected chi connectivity index (χ1v) is 11.0. The molecule has 3 heteroatoms. The molecule has 0 spiro atoms. The molecule has 0 radical (unpaired) electrons. The molecule has 0 saturated heterocycles. The fourth-order valence-electron chi connectivity index (χ4n) is 2.92. The van der Waals surface area contributed by atoms with E-state index in [-0.39, 0.29) is 0 Å². The van der Waals surface area contributed by atoms with E-state index in [1.807, 2.05) is 0 Å². The van der Waals surface area contributed by atoms with Crippen LogP contribution in [0.4, 0.5) is 0 Å². The average Bonchev–Trinajstić information content (AvgIpc) is 2.68. The van der Waals surface area contributed by atoms with Crippen LogP contribution < -0.4 is 5.32 Å². The van der Waals surface area contributed by atoms with E-state index in [1.54, 1.807) is 0 Å². The van der Waals surface area contributed by atoms with Gasteiger partial charge in [-0.25, -0.2) is 0 Å². The molecule has 0 bridgehead atoms. The van der Waals surface area contributed by atoms with Gasteiger partial charge in [-0.15, -0.1) is 0 Å². The van der Waals surface area contributed by atoms with Crippen LogP contribution in [0.25, 0.3) is 0 Å². The van der Waals surface area contributed by atoms with Gasteiger partial charge in [-0.1, -0.05) is 55.3 Å². The van der Waals surface area contributed by atoms with Gasteiger partial charge in [0.05, 0.1) is 0 Å². The number of hydrogen-bond acceptors (Lipinski definition) is 2. The van der Waals surface area contributed by atoms with Gasteiger partial charge >= 0.3 is 0 Å². The molecule has 0 aromatic heterocycles. The summed E-state index contributed by atoms with van der Waals surface area (Å²) in [5.74, 6) is 0. The van der Waals surface area contributed by atoms with Crippen LogP contribution in [0.2, 0.25) is 0 Å². The van der Waals surface area contributed by atoms with Gasteiger partial charge in [0.25, 0.3) is 0 Å². The molecule has 2 aromatic carbocycles. The molecule has 2 aromatic rings. The molecule has 0 saturated carbocycles. The Labute approximate surface area is 172 Å². The number of nitrogens with one attached hydrogen (secondary N) is 1. The lowest BCUT2D eigenvalue weighted by Gasteiger charge is -2.06. The molecule has 2 rings (SSSR count). The van der Waals surface area contributed by atoms with Crippen LogP contribution in [0, 0.1) is 3.57 Å². The first kappa shape index (κ1) is 21.4. The first-order valence-electron chi connectivity index (χ1n) is 9.91. The Morgan fingerprint density at radius 3 is 2.15 bits per heavy atom. The lowest BCUT2D eigenvalue weighted by molar-refractivity contribution is 0.126. The van der Waals surface area contributed by atoms with E-state index >= 15 is 0 Å². The monoisotopic (exact) mass is 465 g/mol. The summed E-state index contributed by atoms with van der Waals surface area (Å²) < 4.78 is 7.07. The van der Waals surface area contributed by atoms with Gasteiger partial charge in [0, 0.05) is 23.3 Å². The molecular formula is C23H32INO. The number of benzene rings is 2. The van der Waals surface area contributed by atoms with Crippen molar-refractivity contribution in [3.8, 4) is 0 Å². The quantitative estimate of drug-likeness (QED) is 0.274. The van der Waals surface area contributed by atoms with Crippen molar-refractivity contribution in [2.24, 2.45) is 0 Å². The maximum atomic E-state index is 5.76. The second kappa shape index (κ2) is 14.2. The number of hydrogen-bond donors (Lipinski definition) is 1. The van der Waals surface area contributed by atoms with E-state index in [0.717, 1.165) is 39.1 Å². The Hall–Kier alpha value is -0.910. The lowest BCUT2D eigenvalue weighted by atomic mass is 10.1. The van der Waals surface area contributed by atoms with Gasteiger partial charge < -0.3 is 10.1 Å². The zero-order valence-corrected chi connectivity index (χ0v) is 17.9. The second-order valence-corrected chi connectivity index (χ2v) is 8.02. The number of rotatable bonds is 14. The van der Waals surface area contributed by atoms with Gasteiger partial charge in [-0.3, -0.25) is 0 Å². The molecule has 26 heavy (non-hydrogen) atoms. The van der Waals surface area contributed by atoms with Gasteiger partial charge in [0.2, 0.25) is 0 Å². The van der Waals surface area contributed by atoms with E-state index in [1.165, 1.54) is 46.8 Å². The predicted octanol–water partition coefficient (Wildman–Crippen LogP) is 5.98. The molecule has 0 amide bonds. The van der Waals surface area contributed by atoms with Crippen molar-refractivity contribution in [3.05, 3.63) is 69.3 Å². The topological polar surface area (TPSA) is 21.3 Å². The van der Waals surface area contributed by atoms with E-state index < -0.39 is 0 Å². The number of halogens is 1. The summed E-state index contributed by atoms with van der Waals surface area (Å²) in [7, 11) is 0. The molecule has 1 N–H and O–H groups in total. The van der Waals surface area contributed by atoms with Crippen LogP contribution in [-0.2, 0) is 17.7 Å². The Morgan fingerprint density at radius 1 is 0.692 bits per heavy atom. The van der Waals surface area contributed by atoms with Crippen LogP contribution in [0.3, 0.4) is 0 Å². The van der Waals surface area contributed by atoms with Crippen molar-refractivity contribution in [2.75, 3.05) is 19.8 Å². The summed E-state index contributed by atoms with van der Waals surface area (Å²) >= 11 is 2.35. The zero-order valence-electron chi connectivity index (χ0n) is 15.8. The molecule has 0 heterocycles. The Balaban J connectivity index is 1.31. The molecule has 0 aliphatic carbocycles. The van der Waals surface area contributed by atoms with Crippen molar-refractivity contribution in [1.82, 2.24) is 5.32 Å². The molecule has 2 nitrogen and oxygen atoms in total. The van der Waals surface area contributed by atoms with Crippen molar-refractivity contribution in [3.63, 3.8) is 0 Å². The van der Waals surface area contributed by atoms with Gasteiger partial charge in [-0.05, 0) is 84.5 Å². The molecule has 0 atom stereocenters. The Bertz CT molecular complexity index is 571. The third-order valence-corrected chi connectivity index (χ3v) is 5.20. The normalized spacial score (nSPS) is 11.0. The highest BCUT2D eigenvalue weighted by Gasteiger charge is 1.96. The maximum Gasteiger partial charge on any atom is 0.0466 e. The highest BCUT2D eigenvalue weighted by Crippen LogP contribution is 2.09. The summed E-state index contributed by atoms with van der Waals surface area (Å²) in [6.45, 7) is 3.91. The largest absolute Gasteiger partial charge is 0.381 e. The number of unbranched alkanes of at least 4 members (excludes halogenated alkanes) is 4. The third-order valence-electron chi connectivity index (χ3n) is 4.48. The third kappa shape index (κ3) is 10.3. The molecule has 0 fully saturated rings. The molecule has 0 aliphatic heterocycles. The minimum Gasteiger partial charge on any atom is -0.381 e. The number of aryl methyl sites for hydroxylation is 1. The zero-order chi connectivity index (χ0) is 18.3. The Morgan fingerprint density at radius 2 is 1.38 bits per heavy atom. The molecule has 0 aliphatic rings. The van der Waals surface area contributed by atoms with Gasteiger partial charge in [0.1, 0.15) is 0 Å². The Kier molecular flexibility index (Phi) is 11.7.